The highest BCUT2D eigenvalue weighted by atomic mass is 32.2. The van der Waals surface area contributed by atoms with E-state index in [2.05, 4.69) is 15.0 Å². The molecule has 3 rings (SSSR count). The van der Waals surface area contributed by atoms with Crippen molar-refractivity contribution in [2.75, 3.05) is 20.3 Å². The molecule has 0 spiro atoms. The molecule has 0 aliphatic rings. The number of amides is 1. The van der Waals surface area contributed by atoms with E-state index >= 15 is 0 Å². The second kappa shape index (κ2) is 9.82. The highest BCUT2D eigenvalue weighted by Gasteiger charge is 2.22. The number of halogens is 1. The lowest BCUT2D eigenvalue weighted by Gasteiger charge is -2.19. The number of nitrogens with zero attached hydrogens (tertiary/aromatic N) is 2. The van der Waals surface area contributed by atoms with Crippen molar-refractivity contribution in [3.63, 3.8) is 0 Å². The van der Waals surface area contributed by atoms with Crippen molar-refractivity contribution >= 4 is 15.9 Å². The molecule has 0 bridgehead atoms. The lowest BCUT2D eigenvalue weighted by Crippen LogP contribution is -2.31. The summed E-state index contributed by atoms with van der Waals surface area (Å²) in [4.78, 5) is 17.2. The Morgan fingerprint density at radius 3 is 2.42 bits per heavy atom. The Balaban J connectivity index is 1.80. The standard InChI is InChI=1S/C21H23FN4O4S/c1-26-13-11-23-20(26)19(15-3-7-17(22)8-4-15)25-21(27)16-5-9-18(10-6-16)31(28,29)24-12-14-30-2/h3-11,13,19,24H,12,14H2,1-2H3,(H,25,27)/t19-/m0/s1. The first-order valence-electron chi connectivity index (χ1n) is 9.44. The molecule has 0 unspecified atom stereocenters. The van der Waals surface area contributed by atoms with E-state index in [1.807, 2.05) is 0 Å². The molecule has 2 N–H and O–H groups in total. The van der Waals surface area contributed by atoms with Crippen LogP contribution in [0.15, 0.2) is 65.8 Å². The van der Waals surface area contributed by atoms with Gasteiger partial charge in [-0.05, 0) is 42.0 Å². The van der Waals surface area contributed by atoms with Gasteiger partial charge in [0, 0.05) is 38.7 Å². The molecule has 1 amide bonds. The number of sulfonamides is 1. The van der Waals surface area contributed by atoms with Crippen LogP contribution >= 0.6 is 0 Å². The van der Waals surface area contributed by atoms with Gasteiger partial charge in [0.15, 0.2) is 0 Å². The van der Waals surface area contributed by atoms with E-state index in [1.54, 1.807) is 36.1 Å². The molecule has 0 radical (unpaired) electrons. The maximum absolute atomic E-state index is 13.4. The van der Waals surface area contributed by atoms with Crippen LogP contribution in [0.25, 0.3) is 0 Å². The fourth-order valence-corrected chi connectivity index (χ4v) is 3.98. The van der Waals surface area contributed by atoms with Gasteiger partial charge in [-0.15, -0.1) is 0 Å². The minimum Gasteiger partial charge on any atom is -0.383 e. The molecule has 0 aliphatic heterocycles. The quantitative estimate of drug-likeness (QED) is 0.490. The number of hydrogen-bond acceptors (Lipinski definition) is 5. The summed E-state index contributed by atoms with van der Waals surface area (Å²) in [7, 11) is -0.426. The number of carbonyl (C=O) groups is 1. The molecule has 0 saturated heterocycles. The molecular formula is C21H23FN4O4S. The molecule has 10 heteroatoms. The van der Waals surface area contributed by atoms with Crippen LogP contribution in [0, 0.1) is 5.82 Å². The molecule has 3 aromatic rings. The van der Waals surface area contributed by atoms with E-state index in [0.717, 1.165) is 0 Å². The van der Waals surface area contributed by atoms with E-state index in [9.17, 15) is 17.6 Å². The van der Waals surface area contributed by atoms with E-state index in [-0.39, 0.29) is 29.4 Å². The number of hydrogen-bond donors (Lipinski definition) is 2. The van der Waals surface area contributed by atoms with Crippen LogP contribution in [0.5, 0.6) is 0 Å². The first kappa shape index (κ1) is 22.6. The molecule has 8 nitrogen and oxygen atoms in total. The van der Waals surface area contributed by atoms with Crippen molar-refractivity contribution in [1.82, 2.24) is 19.6 Å². The summed E-state index contributed by atoms with van der Waals surface area (Å²) in [5.74, 6) is -0.236. The minimum absolute atomic E-state index is 0.0411. The highest BCUT2D eigenvalue weighted by Crippen LogP contribution is 2.22. The molecule has 1 atom stereocenters. The molecule has 0 aliphatic carbocycles. The number of imidazole rings is 1. The SMILES string of the molecule is COCCNS(=O)(=O)c1ccc(C(=O)N[C@@H](c2ccc(F)cc2)c2nccn2C)cc1. The summed E-state index contributed by atoms with van der Waals surface area (Å²) >= 11 is 0. The third kappa shape index (κ3) is 5.54. The summed E-state index contributed by atoms with van der Waals surface area (Å²) in [6.45, 7) is 0.391. The normalized spacial score (nSPS) is 12.5. The van der Waals surface area contributed by atoms with Gasteiger partial charge in [-0.25, -0.2) is 22.5 Å². The predicted octanol–water partition coefficient (Wildman–Crippen LogP) is 2.00. The molecule has 2 aromatic carbocycles. The molecule has 31 heavy (non-hydrogen) atoms. The first-order valence-corrected chi connectivity index (χ1v) is 10.9. The van der Waals surface area contributed by atoms with E-state index in [4.69, 9.17) is 4.74 Å². The maximum Gasteiger partial charge on any atom is 0.252 e. The van der Waals surface area contributed by atoms with E-state index in [0.29, 0.717) is 11.4 Å². The van der Waals surface area contributed by atoms with E-state index in [1.165, 1.54) is 43.5 Å². The lowest BCUT2D eigenvalue weighted by molar-refractivity contribution is 0.0941. The van der Waals surface area contributed by atoms with Crippen LogP contribution in [-0.4, -0.2) is 44.1 Å². The van der Waals surface area contributed by atoms with Gasteiger partial charge < -0.3 is 14.6 Å². The predicted molar refractivity (Wildman–Crippen MR) is 112 cm³/mol. The molecule has 1 aromatic heterocycles. The van der Waals surface area contributed by atoms with Gasteiger partial charge in [-0.2, -0.15) is 0 Å². The zero-order valence-corrected chi connectivity index (χ0v) is 17.9. The van der Waals surface area contributed by atoms with Crippen LogP contribution < -0.4 is 10.0 Å². The Kier molecular flexibility index (Phi) is 7.16. The van der Waals surface area contributed by atoms with Crippen molar-refractivity contribution in [1.29, 1.82) is 0 Å². The second-order valence-electron chi connectivity index (χ2n) is 6.77. The van der Waals surface area contributed by atoms with E-state index < -0.39 is 22.0 Å². The van der Waals surface area contributed by atoms with Crippen molar-refractivity contribution < 1.29 is 22.3 Å². The Morgan fingerprint density at radius 2 is 1.84 bits per heavy atom. The number of methoxy groups -OCH3 is 1. The van der Waals surface area contributed by atoms with Gasteiger partial charge in [0.05, 0.1) is 11.5 Å². The summed E-state index contributed by atoms with van der Waals surface area (Å²) in [6, 6.07) is 10.7. The largest absolute Gasteiger partial charge is 0.383 e. The molecule has 164 valence electrons. The zero-order chi connectivity index (χ0) is 22.4. The molecular weight excluding hydrogens is 423 g/mol. The summed E-state index contributed by atoms with van der Waals surface area (Å²) in [6.07, 6.45) is 3.35. The Labute approximate surface area is 180 Å². The van der Waals surface area contributed by atoms with Gasteiger partial charge >= 0.3 is 0 Å². The van der Waals surface area contributed by atoms with Crippen LogP contribution in [0.3, 0.4) is 0 Å². The summed E-state index contributed by atoms with van der Waals surface area (Å²) < 4.78 is 46.9. The first-order chi connectivity index (χ1) is 14.8. The van der Waals surface area contributed by atoms with Crippen LogP contribution in [0.4, 0.5) is 4.39 Å². The second-order valence-corrected chi connectivity index (χ2v) is 8.54. The van der Waals surface area contributed by atoms with Gasteiger partial charge in [0.1, 0.15) is 17.7 Å². The van der Waals surface area contributed by atoms with Crippen molar-refractivity contribution in [3.05, 3.63) is 83.7 Å². The average Bonchev–Trinajstić information content (AvgIpc) is 3.18. The minimum atomic E-state index is -3.70. The lowest BCUT2D eigenvalue weighted by atomic mass is 10.1. The number of aromatic nitrogens is 2. The Hall–Kier alpha value is -3.08. The third-order valence-electron chi connectivity index (χ3n) is 4.62. The molecule has 0 fully saturated rings. The van der Waals surface area contributed by atoms with Gasteiger partial charge in [0.25, 0.3) is 5.91 Å². The van der Waals surface area contributed by atoms with Crippen molar-refractivity contribution in [2.45, 2.75) is 10.9 Å². The number of aryl methyl sites for hydroxylation is 1. The zero-order valence-electron chi connectivity index (χ0n) is 17.1. The maximum atomic E-state index is 13.4. The van der Waals surface area contributed by atoms with Gasteiger partial charge in [-0.1, -0.05) is 12.1 Å². The topological polar surface area (TPSA) is 102 Å². The summed E-state index contributed by atoms with van der Waals surface area (Å²) in [5.41, 5.74) is 0.933. The van der Waals surface area contributed by atoms with Crippen molar-refractivity contribution in [2.24, 2.45) is 7.05 Å². The smallest absolute Gasteiger partial charge is 0.252 e. The average molecular weight is 447 g/mol. The van der Waals surface area contributed by atoms with Gasteiger partial charge in [0.2, 0.25) is 10.0 Å². The fourth-order valence-electron chi connectivity index (χ4n) is 2.97. The van der Waals surface area contributed by atoms with Gasteiger partial charge in [-0.3, -0.25) is 4.79 Å². The summed E-state index contributed by atoms with van der Waals surface area (Å²) in [5, 5.41) is 2.89. The number of rotatable bonds is 9. The Bertz CT molecular complexity index is 1130. The van der Waals surface area contributed by atoms with Crippen LogP contribution in [0.1, 0.15) is 27.8 Å². The fraction of sp³-hybridized carbons (Fsp3) is 0.238. The highest BCUT2D eigenvalue weighted by molar-refractivity contribution is 7.89. The number of benzene rings is 2. The Morgan fingerprint density at radius 1 is 1.16 bits per heavy atom. The molecule has 1 heterocycles. The molecule has 0 saturated carbocycles. The number of ether oxygens (including phenoxy) is 1. The monoisotopic (exact) mass is 446 g/mol. The number of carbonyl (C=O) groups excluding carboxylic acids is 1. The number of nitrogens with one attached hydrogen (secondary N) is 2. The third-order valence-corrected chi connectivity index (χ3v) is 6.10. The van der Waals surface area contributed by atoms with Crippen LogP contribution in [0.2, 0.25) is 0 Å². The van der Waals surface area contributed by atoms with Crippen LogP contribution in [-0.2, 0) is 21.8 Å². The van der Waals surface area contributed by atoms with Crippen molar-refractivity contribution in [3.8, 4) is 0 Å².